The van der Waals surface area contributed by atoms with Crippen LogP contribution in [-0.4, -0.2) is 26.4 Å². The Morgan fingerprint density at radius 1 is 1.20 bits per heavy atom. The van der Waals surface area contributed by atoms with Gasteiger partial charge in [0.05, 0.1) is 6.61 Å². The van der Waals surface area contributed by atoms with Crippen LogP contribution in [0.2, 0.25) is 0 Å². The van der Waals surface area contributed by atoms with E-state index < -0.39 is 0 Å². The summed E-state index contributed by atoms with van der Waals surface area (Å²) in [5, 5.41) is 3.63. The van der Waals surface area contributed by atoms with Crippen LogP contribution in [0, 0.1) is 5.92 Å². The maximum absolute atomic E-state index is 5.65. The molecule has 0 amide bonds. The first-order valence-corrected chi connectivity index (χ1v) is 7.78. The van der Waals surface area contributed by atoms with Gasteiger partial charge in [0.1, 0.15) is 12.4 Å². The molecule has 3 nitrogen and oxygen atoms in total. The number of hydrogen-bond acceptors (Lipinski definition) is 3. The molecule has 1 aromatic rings. The predicted molar refractivity (Wildman–Crippen MR) is 83.5 cm³/mol. The number of methoxy groups -OCH3 is 1. The maximum atomic E-state index is 5.65. The van der Waals surface area contributed by atoms with Gasteiger partial charge in [0.2, 0.25) is 0 Å². The first-order chi connectivity index (χ1) is 9.79. The number of rotatable bonds is 7. The van der Waals surface area contributed by atoms with Crippen molar-refractivity contribution >= 4 is 5.69 Å². The summed E-state index contributed by atoms with van der Waals surface area (Å²) in [6.07, 6.45) is 6.90. The van der Waals surface area contributed by atoms with Crippen molar-refractivity contribution in [2.75, 3.05) is 25.6 Å². The Morgan fingerprint density at radius 3 is 2.75 bits per heavy atom. The Hall–Kier alpha value is -1.22. The van der Waals surface area contributed by atoms with Gasteiger partial charge in [-0.1, -0.05) is 25.3 Å². The summed E-state index contributed by atoms with van der Waals surface area (Å²) in [6, 6.07) is 8.76. The quantitative estimate of drug-likeness (QED) is 0.761. The lowest BCUT2D eigenvalue weighted by Gasteiger charge is -2.29. The van der Waals surface area contributed by atoms with Crippen LogP contribution in [0.5, 0.6) is 5.75 Å². The minimum absolute atomic E-state index is 0.532. The number of nitrogens with one attached hydrogen (secondary N) is 1. The molecule has 0 bridgehead atoms. The van der Waals surface area contributed by atoms with Gasteiger partial charge >= 0.3 is 0 Å². The van der Waals surface area contributed by atoms with Crippen molar-refractivity contribution in [1.82, 2.24) is 0 Å². The van der Waals surface area contributed by atoms with Gasteiger partial charge in [-0.15, -0.1) is 0 Å². The largest absolute Gasteiger partial charge is 0.491 e. The first kappa shape index (κ1) is 15.2. The van der Waals surface area contributed by atoms with E-state index in [0.29, 0.717) is 19.3 Å². The molecule has 0 aromatic heterocycles. The van der Waals surface area contributed by atoms with Crippen molar-refractivity contribution in [1.29, 1.82) is 0 Å². The zero-order valence-corrected chi connectivity index (χ0v) is 12.7. The normalized spacial score (nSPS) is 17.7. The third-order valence-electron chi connectivity index (χ3n) is 4.14. The molecule has 1 fully saturated rings. The van der Waals surface area contributed by atoms with E-state index in [9.17, 15) is 0 Å². The summed E-state index contributed by atoms with van der Waals surface area (Å²) in [6.45, 7) is 3.52. The summed E-state index contributed by atoms with van der Waals surface area (Å²) >= 11 is 0. The predicted octanol–water partition coefficient (Wildman–Crippen LogP) is 4.09. The molecule has 112 valence electrons. The Kier molecular flexibility index (Phi) is 6.19. The zero-order chi connectivity index (χ0) is 14.2. The van der Waals surface area contributed by atoms with Crippen molar-refractivity contribution < 1.29 is 9.47 Å². The van der Waals surface area contributed by atoms with Gasteiger partial charge in [0.15, 0.2) is 0 Å². The topological polar surface area (TPSA) is 30.5 Å². The standard InChI is InChI=1S/C17H27NO2/c1-14(15-7-4-3-5-8-15)18-16-9-6-10-17(13-16)20-12-11-19-2/h6,9-10,13-15,18H,3-5,7-8,11-12H2,1-2H3. The van der Waals surface area contributed by atoms with Gasteiger partial charge in [-0.3, -0.25) is 0 Å². The molecule has 1 aromatic carbocycles. The highest BCUT2D eigenvalue weighted by atomic mass is 16.5. The average molecular weight is 277 g/mol. The first-order valence-electron chi connectivity index (χ1n) is 7.78. The van der Waals surface area contributed by atoms with Gasteiger partial charge in [-0.25, -0.2) is 0 Å². The Morgan fingerprint density at radius 2 is 2.00 bits per heavy atom. The molecule has 1 atom stereocenters. The molecule has 0 radical (unpaired) electrons. The summed E-state index contributed by atoms with van der Waals surface area (Å²) in [4.78, 5) is 0. The molecule has 20 heavy (non-hydrogen) atoms. The van der Waals surface area contributed by atoms with E-state index in [1.807, 2.05) is 12.1 Å². The molecule has 1 aliphatic carbocycles. The molecular formula is C17H27NO2. The fraction of sp³-hybridized carbons (Fsp3) is 0.647. The summed E-state index contributed by atoms with van der Waals surface area (Å²) in [5.41, 5.74) is 1.15. The third kappa shape index (κ3) is 4.71. The summed E-state index contributed by atoms with van der Waals surface area (Å²) in [5.74, 6) is 1.71. The molecular weight excluding hydrogens is 250 g/mol. The monoisotopic (exact) mass is 277 g/mol. The van der Waals surface area contributed by atoms with Crippen LogP contribution >= 0.6 is 0 Å². The minimum Gasteiger partial charge on any atom is -0.491 e. The molecule has 2 rings (SSSR count). The molecule has 1 aliphatic rings. The van der Waals surface area contributed by atoms with Crippen molar-refractivity contribution in [3.63, 3.8) is 0 Å². The van der Waals surface area contributed by atoms with Crippen LogP contribution in [0.15, 0.2) is 24.3 Å². The lowest BCUT2D eigenvalue weighted by atomic mass is 9.84. The van der Waals surface area contributed by atoms with Gasteiger partial charge in [0, 0.05) is 24.9 Å². The van der Waals surface area contributed by atoms with Crippen LogP contribution in [0.1, 0.15) is 39.0 Å². The van der Waals surface area contributed by atoms with Crippen LogP contribution in [-0.2, 0) is 4.74 Å². The van der Waals surface area contributed by atoms with Crippen molar-refractivity contribution in [3.8, 4) is 5.75 Å². The molecule has 1 unspecified atom stereocenters. The second kappa shape index (κ2) is 8.15. The highest BCUT2D eigenvalue weighted by molar-refractivity contribution is 5.48. The van der Waals surface area contributed by atoms with Gasteiger partial charge in [-0.05, 0) is 37.8 Å². The highest BCUT2D eigenvalue weighted by Crippen LogP contribution is 2.28. The molecule has 0 aliphatic heterocycles. The van der Waals surface area contributed by atoms with Gasteiger partial charge in [-0.2, -0.15) is 0 Å². The number of hydrogen-bond donors (Lipinski definition) is 1. The maximum Gasteiger partial charge on any atom is 0.121 e. The SMILES string of the molecule is COCCOc1cccc(NC(C)C2CCCCC2)c1. The smallest absolute Gasteiger partial charge is 0.121 e. The van der Waals surface area contributed by atoms with E-state index in [0.717, 1.165) is 17.4 Å². The van der Waals surface area contributed by atoms with Crippen LogP contribution in [0.4, 0.5) is 5.69 Å². The molecule has 1 saturated carbocycles. The lowest BCUT2D eigenvalue weighted by molar-refractivity contribution is 0.146. The van der Waals surface area contributed by atoms with E-state index in [1.54, 1.807) is 7.11 Å². The minimum atomic E-state index is 0.532. The van der Waals surface area contributed by atoms with Crippen molar-refractivity contribution in [2.24, 2.45) is 5.92 Å². The third-order valence-corrected chi connectivity index (χ3v) is 4.14. The average Bonchev–Trinajstić information content (AvgIpc) is 2.49. The number of benzene rings is 1. The van der Waals surface area contributed by atoms with E-state index >= 15 is 0 Å². The molecule has 3 heteroatoms. The van der Waals surface area contributed by atoms with Crippen molar-refractivity contribution in [3.05, 3.63) is 24.3 Å². The Bertz CT molecular complexity index is 388. The Balaban J connectivity index is 1.86. The van der Waals surface area contributed by atoms with Crippen LogP contribution in [0.25, 0.3) is 0 Å². The molecule has 0 heterocycles. The van der Waals surface area contributed by atoms with Gasteiger partial charge < -0.3 is 14.8 Å². The second-order valence-corrected chi connectivity index (χ2v) is 5.70. The molecule has 0 saturated heterocycles. The van der Waals surface area contributed by atoms with E-state index in [-0.39, 0.29) is 0 Å². The highest BCUT2D eigenvalue weighted by Gasteiger charge is 2.19. The fourth-order valence-electron chi connectivity index (χ4n) is 2.93. The van der Waals surface area contributed by atoms with Gasteiger partial charge in [0.25, 0.3) is 0 Å². The summed E-state index contributed by atoms with van der Waals surface area (Å²) < 4.78 is 10.6. The molecule has 1 N–H and O–H groups in total. The van der Waals surface area contributed by atoms with E-state index in [1.165, 1.54) is 32.1 Å². The lowest BCUT2D eigenvalue weighted by Crippen LogP contribution is -2.27. The zero-order valence-electron chi connectivity index (χ0n) is 12.7. The van der Waals surface area contributed by atoms with E-state index in [2.05, 4.69) is 24.4 Å². The fourth-order valence-corrected chi connectivity index (χ4v) is 2.93. The number of ether oxygens (including phenoxy) is 2. The van der Waals surface area contributed by atoms with Crippen LogP contribution in [0.3, 0.4) is 0 Å². The second-order valence-electron chi connectivity index (χ2n) is 5.70. The van der Waals surface area contributed by atoms with Crippen molar-refractivity contribution in [2.45, 2.75) is 45.1 Å². The van der Waals surface area contributed by atoms with Crippen LogP contribution < -0.4 is 10.1 Å². The molecule has 0 spiro atoms. The summed E-state index contributed by atoms with van der Waals surface area (Å²) in [7, 11) is 1.69. The van der Waals surface area contributed by atoms with E-state index in [4.69, 9.17) is 9.47 Å². The number of anilines is 1. The Labute approximate surface area is 122 Å².